The lowest BCUT2D eigenvalue weighted by atomic mass is 10.2. The van der Waals surface area contributed by atoms with Gasteiger partial charge >= 0.3 is 12.0 Å². The molecule has 1 unspecified atom stereocenters. The van der Waals surface area contributed by atoms with Gasteiger partial charge in [0.2, 0.25) is 0 Å². The summed E-state index contributed by atoms with van der Waals surface area (Å²) in [6.45, 7) is 1.61. The molecule has 1 rings (SSSR count). The highest BCUT2D eigenvalue weighted by molar-refractivity contribution is 14.1. The number of urea groups is 1. The van der Waals surface area contributed by atoms with E-state index in [0.29, 0.717) is 10.7 Å². The lowest BCUT2D eigenvalue weighted by molar-refractivity contribution is -0.137. The number of amides is 2. The fourth-order valence-electron chi connectivity index (χ4n) is 1.29. The average Bonchev–Trinajstić information content (AvgIpc) is 2.20. The van der Waals surface area contributed by atoms with Gasteiger partial charge in [-0.1, -0.05) is 11.6 Å². The van der Waals surface area contributed by atoms with Crippen LogP contribution in [0.25, 0.3) is 0 Å². The number of aliphatic carboxylic acids is 1. The second-order valence-electron chi connectivity index (χ2n) is 3.72. The van der Waals surface area contributed by atoms with Crippen LogP contribution in [-0.4, -0.2) is 23.1 Å². The zero-order valence-corrected chi connectivity index (χ0v) is 12.4. The van der Waals surface area contributed by atoms with Gasteiger partial charge in [0.25, 0.3) is 0 Å². The Bertz CT molecular complexity index is 468. The summed E-state index contributed by atoms with van der Waals surface area (Å²) in [5.41, 5.74) is 0.483. The molecule has 0 aliphatic carbocycles. The molecule has 0 spiro atoms. The molecule has 0 aliphatic rings. The van der Waals surface area contributed by atoms with Crippen LogP contribution in [0, 0.1) is 3.57 Å². The molecular weight excluding hydrogens is 370 g/mol. The Labute approximate surface area is 123 Å². The largest absolute Gasteiger partial charge is 0.481 e. The fraction of sp³-hybridized carbons (Fsp3) is 0.273. The summed E-state index contributed by atoms with van der Waals surface area (Å²) in [7, 11) is 0. The first-order valence-corrected chi connectivity index (χ1v) is 6.58. The van der Waals surface area contributed by atoms with E-state index in [1.165, 1.54) is 0 Å². The standard InChI is InChI=1S/C11H12ClIN2O3/c1-6(4-10(16)17)14-11(18)15-9-3-2-7(13)5-8(9)12/h2-3,5-6H,4H2,1H3,(H,16,17)(H2,14,15,18). The van der Waals surface area contributed by atoms with Gasteiger partial charge in [-0.25, -0.2) is 4.79 Å². The number of carboxylic acid groups (broad SMARTS) is 1. The number of nitrogens with one attached hydrogen (secondary N) is 2. The number of anilines is 1. The van der Waals surface area contributed by atoms with E-state index in [1.807, 2.05) is 6.07 Å². The Balaban J connectivity index is 2.56. The van der Waals surface area contributed by atoms with E-state index in [2.05, 4.69) is 33.2 Å². The average molecular weight is 383 g/mol. The van der Waals surface area contributed by atoms with E-state index >= 15 is 0 Å². The molecule has 0 fully saturated rings. The molecule has 0 aliphatic heterocycles. The molecule has 7 heteroatoms. The molecular formula is C11H12ClIN2O3. The monoisotopic (exact) mass is 382 g/mol. The van der Waals surface area contributed by atoms with E-state index in [1.54, 1.807) is 19.1 Å². The van der Waals surface area contributed by atoms with Crippen LogP contribution in [0.5, 0.6) is 0 Å². The number of halogens is 2. The van der Waals surface area contributed by atoms with Crippen LogP contribution in [0.1, 0.15) is 13.3 Å². The van der Waals surface area contributed by atoms with Gasteiger partial charge < -0.3 is 15.7 Å². The van der Waals surface area contributed by atoms with Gasteiger partial charge in [-0.15, -0.1) is 0 Å². The van der Waals surface area contributed by atoms with Crippen molar-refractivity contribution >= 4 is 51.9 Å². The van der Waals surface area contributed by atoms with Crippen LogP contribution < -0.4 is 10.6 Å². The summed E-state index contributed by atoms with van der Waals surface area (Å²) < 4.78 is 0.961. The maximum Gasteiger partial charge on any atom is 0.319 e. The normalized spacial score (nSPS) is 11.7. The van der Waals surface area contributed by atoms with Crippen LogP contribution in [0.15, 0.2) is 18.2 Å². The molecule has 0 aromatic heterocycles. The van der Waals surface area contributed by atoms with Crippen molar-refractivity contribution in [2.75, 3.05) is 5.32 Å². The zero-order chi connectivity index (χ0) is 13.7. The van der Waals surface area contributed by atoms with Crippen molar-refractivity contribution in [3.63, 3.8) is 0 Å². The van der Waals surface area contributed by atoms with Gasteiger partial charge in [0, 0.05) is 9.61 Å². The SMILES string of the molecule is CC(CC(=O)O)NC(=O)Nc1ccc(I)cc1Cl. The van der Waals surface area contributed by atoms with Crippen LogP contribution >= 0.6 is 34.2 Å². The van der Waals surface area contributed by atoms with Crippen molar-refractivity contribution < 1.29 is 14.7 Å². The minimum Gasteiger partial charge on any atom is -0.481 e. The van der Waals surface area contributed by atoms with Gasteiger partial charge in [0.05, 0.1) is 17.1 Å². The first kappa shape index (κ1) is 15.0. The van der Waals surface area contributed by atoms with Gasteiger partial charge in [-0.05, 0) is 47.7 Å². The van der Waals surface area contributed by atoms with Gasteiger partial charge in [0.15, 0.2) is 0 Å². The highest BCUT2D eigenvalue weighted by Gasteiger charge is 2.11. The third kappa shape index (κ3) is 5.09. The number of carbonyl (C=O) groups is 2. The van der Waals surface area contributed by atoms with Crippen molar-refractivity contribution in [2.24, 2.45) is 0 Å². The highest BCUT2D eigenvalue weighted by Crippen LogP contribution is 2.23. The van der Waals surface area contributed by atoms with Crippen molar-refractivity contribution in [3.8, 4) is 0 Å². The van der Waals surface area contributed by atoms with Crippen LogP contribution in [-0.2, 0) is 4.79 Å². The van der Waals surface area contributed by atoms with E-state index in [4.69, 9.17) is 16.7 Å². The zero-order valence-electron chi connectivity index (χ0n) is 9.54. The third-order valence-corrected chi connectivity index (χ3v) is 3.02. The number of hydrogen-bond donors (Lipinski definition) is 3. The molecule has 2 amide bonds. The van der Waals surface area contributed by atoms with E-state index < -0.39 is 18.0 Å². The van der Waals surface area contributed by atoms with Gasteiger partial charge in [-0.3, -0.25) is 4.79 Å². The number of carbonyl (C=O) groups excluding carboxylic acids is 1. The summed E-state index contributed by atoms with van der Waals surface area (Å²) in [5, 5.41) is 14.1. The first-order valence-electron chi connectivity index (χ1n) is 5.13. The molecule has 0 heterocycles. The lowest BCUT2D eigenvalue weighted by Gasteiger charge is -2.13. The Morgan fingerprint density at radius 3 is 2.72 bits per heavy atom. The maximum atomic E-state index is 11.6. The highest BCUT2D eigenvalue weighted by atomic mass is 127. The number of hydrogen-bond acceptors (Lipinski definition) is 2. The Morgan fingerprint density at radius 2 is 2.17 bits per heavy atom. The quantitative estimate of drug-likeness (QED) is 0.701. The van der Waals surface area contributed by atoms with E-state index in [0.717, 1.165) is 3.57 Å². The second kappa shape index (κ2) is 6.79. The summed E-state index contributed by atoms with van der Waals surface area (Å²) in [4.78, 5) is 22.0. The molecule has 1 aromatic carbocycles. The molecule has 3 N–H and O–H groups in total. The minimum atomic E-state index is -0.963. The molecule has 0 bridgehead atoms. The molecule has 98 valence electrons. The lowest BCUT2D eigenvalue weighted by Crippen LogP contribution is -2.37. The fourth-order valence-corrected chi connectivity index (χ4v) is 2.19. The Kier molecular flexibility index (Phi) is 5.67. The molecule has 0 saturated heterocycles. The van der Waals surface area contributed by atoms with E-state index in [9.17, 15) is 9.59 Å². The summed E-state index contributed by atoms with van der Waals surface area (Å²) in [6.07, 6.45) is -0.131. The number of carboxylic acids is 1. The molecule has 1 aromatic rings. The van der Waals surface area contributed by atoms with Crippen molar-refractivity contribution in [3.05, 3.63) is 26.8 Å². The van der Waals surface area contributed by atoms with Crippen molar-refractivity contribution in [1.82, 2.24) is 5.32 Å². The van der Waals surface area contributed by atoms with Crippen LogP contribution in [0.4, 0.5) is 10.5 Å². The summed E-state index contributed by atoms with van der Waals surface area (Å²) >= 11 is 8.06. The molecule has 18 heavy (non-hydrogen) atoms. The smallest absolute Gasteiger partial charge is 0.319 e. The summed E-state index contributed by atoms with van der Waals surface area (Å²) in [5.74, 6) is -0.963. The second-order valence-corrected chi connectivity index (χ2v) is 5.37. The molecule has 1 atom stereocenters. The Morgan fingerprint density at radius 1 is 1.50 bits per heavy atom. The topological polar surface area (TPSA) is 78.4 Å². The number of rotatable bonds is 4. The van der Waals surface area contributed by atoms with Gasteiger partial charge in [0.1, 0.15) is 0 Å². The van der Waals surface area contributed by atoms with Crippen LogP contribution in [0.2, 0.25) is 5.02 Å². The Hall–Kier alpha value is -1.02. The predicted octanol–water partition coefficient (Wildman–Crippen LogP) is 2.93. The molecule has 5 nitrogen and oxygen atoms in total. The van der Waals surface area contributed by atoms with Crippen LogP contribution in [0.3, 0.4) is 0 Å². The minimum absolute atomic E-state index is 0.131. The third-order valence-electron chi connectivity index (χ3n) is 2.04. The predicted molar refractivity (Wildman–Crippen MR) is 78.0 cm³/mol. The maximum absolute atomic E-state index is 11.6. The van der Waals surface area contributed by atoms with Gasteiger partial charge in [-0.2, -0.15) is 0 Å². The van der Waals surface area contributed by atoms with Crippen molar-refractivity contribution in [2.45, 2.75) is 19.4 Å². The first-order chi connectivity index (χ1) is 8.38. The van der Waals surface area contributed by atoms with E-state index in [-0.39, 0.29) is 6.42 Å². The molecule has 0 saturated carbocycles. The van der Waals surface area contributed by atoms with Crippen molar-refractivity contribution in [1.29, 1.82) is 0 Å². The number of benzene rings is 1. The summed E-state index contributed by atoms with van der Waals surface area (Å²) in [6, 6.07) is 4.28. The molecule has 0 radical (unpaired) electrons.